The van der Waals surface area contributed by atoms with Crippen molar-refractivity contribution in [2.45, 2.75) is 4.90 Å². The summed E-state index contributed by atoms with van der Waals surface area (Å²) >= 11 is 12.9. The van der Waals surface area contributed by atoms with Crippen molar-refractivity contribution in [3.63, 3.8) is 0 Å². The van der Waals surface area contributed by atoms with E-state index in [2.05, 4.69) is 0 Å². The lowest BCUT2D eigenvalue weighted by atomic mass is 10.2. The Morgan fingerprint density at radius 2 is 1.69 bits per heavy atom. The molecule has 0 saturated heterocycles. The average Bonchev–Trinajstić information content (AvgIpc) is 2.41. The van der Waals surface area contributed by atoms with E-state index < -0.39 is 10.1 Å². The van der Waals surface area contributed by atoms with Crippen LogP contribution < -0.4 is 6.15 Å². The van der Waals surface area contributed by atoms with Crippen molar-refractivity contribution in [3.05, 3.63) is 26.9 Å². The van der Waals surface area contributed by atoms with E-state index in [1.165, 1.54) is 18.2 Å². The summed E-state index contributed by atoms with van der Waals surface area (Å²) in [5.41, 5.74) is 0. The van der Waals surface area contributed by atoms with Gasteiger partial charge in [-0.3, -0.25) is 4.55 Å². The van der Waals surface area contributed by atoms with Crippen LogP contribution in [0.5, 0.6) is 0 Å². The molecule has 0 atom stereocenters. The van der Waals surface area contributed by atoms with Crippen molar-refractivity contribution in [2.24, 2.45) is 0 Å². The Morgan fingerprint density at radius 3 is 2.25 bits per heavy atom. The predicted molar refractivity (Wildman–Crippen MR) is 66.7 cm³/mol. The third-order valence-electron chi connectivity index (χ3n) is 1.89. The van der Waals surface area contributed by atoms with Crippen LogP contribution in [0.15, 0.2) is 23.1 Å². The second-order valence-electron chi connectivity index (χ2n) is 2.83. The normalized spacial score (nSPS) is 11.4. The molecule has 0 fully saturated rings. The minimum atomic E-state index is -4.20. The number of hydrogen-bond donors (Lipinski definition) is 2. The van der Waals surface area contributed by atoms with Gasteiger partial charge in [0.15, 0.2) is 0 Å². The van der Waals surface area contributed by atoms with Crippen LogP contribution in [0.1, 0.15) is 0 Å². The largest absolute Gasteiger partial charge is 0.344 e. The van der Waals surface area contributed by atoms with Gasteiger partial charge in [-0.15, -0.1) is 11.3 Å². The zero-order valence-corrected chi connectivity index (χ0v) is 10.9. The van der Waals surface area contributed by atoms with Crippen LogP contribution >= 0.6 is 34.5 Å². The van der Waals surface area contributed by atoms with E-state index in [1.54, 1.807) is 0 Å². The van der Waals surface area contributed by atoms with E-state index >= 15 is 0 Å². The lowest BCUT2D eigenvalue weighted by Crippen LogP contribution is -1.96. The Labute approximate surface area is 106 Å². The average molecular weight is 300 g/mol. The van der Waals surface area contributed by atoms with Crippen LogP contribution in [-0.2, 0) is 10.1 Å². The Morgan fingerprint density at radius 1 is 1.12 bits per heavy atom. The highest BCUT2D eigenvalue weighted by atomic mass is 35.5. The Bertz CT molecular complexity index is 636. The zero-order valence-electron chi connectivity index (χ0n) is 7.78. The minimum absolute atomic E-state index is 0. The molecular weight excluding hydrogens is 293 g/mol. The molecule has 0 aliphatic rings. The molecule has 2 rings (SSSR count). The fraction of sp³-hybridized carbons (Fsp3) is 0. The van der Waals surface area contributed by atoms with Crippen LogP contribution in [0.3, 0.4) is 0 Å². The molecule has 4 nitrogen and oxygen atoms in total. The van der Waals surface area contributed by atoms with Gasteiger partial charge in [-0.1, -0.05) is 29.3 Å². The molecule has 1 heterocycles. The highest BCUT2D eigenvalue weighted by Crippen LogP contribution is 2.39. The highest BCUT2D eigenvalue weighted by molar-refractivity contribution is 7.85. The summed E-state index contributed by atoms with van der Waals surface area (Å²) in [5.74, 6) is 0. The Hall–Kier alpha value is -0.370. The maximum atomic E-state index is 10.9. The molecule has 0 bridgehead atoms. The molecular formula is C8H7Cl2NO3S2. The number of rotatable bonds is 1. The van der Waals surface area contributed by atoms with Crippen LogP contribution in [0.2, 0.25) is 8.67 Å². The quantitative estimate of drug-likeness (QED) is 0.787. The molecule has 4 N–H and O–H groups in total. The monoisotopic (exact) mass is 299 g/mol. The molecule has 1 aromatic heterocycles. The molecule has 0 radical (unpaired) electrons. The van der Waals surface area contributed by atoms with Gasteiger partial charge < -0.3 is 6.15 Å². The first-order valence-electron chi connectivity index (χ1n) is 3.74. The van der Waals surface area contributed by atoms with Crippen molar-refractivity contribution in [3.8, 4) is 0 Å². The first-order chi connectivity index (χ1) is 6.89. The molecule has 8 heteroatoms. The third kappa shape index (κ3) is 2.32. The molecule has 1 aromatic carbocycles. The van der Waals surface area contributed by atoms with Crippen LogP contribution in [0.4, 0.5) is 0 Å². The number of hydrogen-bond acceptors (Lipinski definition) is 4. The van der Waals surface area contributed by atoms with Gasteiger partial charge in [0.05, 0.1) is 4.90 Å². The fourth-order valence-electron chi connectivity index (χ4n) is 1.21. The highest BCUT2D eigenvalue weighted by Gasteiger charge is 2.14. The third-order valence-corrected chi connectivity index (χ3v) is 4.41. The zero-order chi connectivity index (χ0) is 11.2. The molecule has 16 heavy (non-hydrogen) atoms. The second-order valence-corrected chi connectivity index (χ2v) is 6.48. The molecule has 0 aliphatic carbocycles. The summed E-state index contributed by atoms with van der Waals surface area (Å²) in [6, 6.07) is 4.10. The predicted octanol–water partition coefficient (Wildman–Crippen LogP) is 3.62. The second kappa shape index (κ2) is 4.48. The molecule has 0 spiro atoms. The van der Waals surface area contributed by atoms with E-state index in [4.69, 9.17) is 27.8 Å². The van der Waals surface area contributed by atoms with Crippen molar-refractivity contribution in [1.29, 1.82) is 0 Å². The summed E-state index contributed by atoms with van der Waals surface area (Å²) in [5, 5.41) is 1.21. The smallest absolute Gasteiger partial charge is 0.294 e. The Kier molecular flexibility index (Phi) is 3.83. The number of fused-ring (bicyclic) bond motifs is 1. The molecule has 0 saturated carbocycles. The van der Waals surface area contributed by atoms with E-state index in [-0.39, 0.29) is 11.0 Å². The summed E-state index contributed by atoms with van der Waals surface area (Å²) in [6.45, 7) is 0. The maximum absolute atomic E-state index is 10.9. The van der Waals surface area contributed by atoms with Gasteiger partial charge in [-0.2, -0.15) is 8.42 Å². The van der Waals surface area contributed by atoms with E-state index in [0.717, 1.165) is 11.3 Å². The first-order valence-corrected chi connectivity index (χ1v) is 6.76. The summed E-state index contributed by atoms with van der Waals surface area (Å²) in [4.78, 5) is -0.189. The van der Waals surface area contributed by atoms with Gasteiger partial charge in [-0.05, 0) is 12.1 Å². The minimum Gasteiger partial charge on any atom is -0.344 e. The maximum Gasteiger partial charge on any atom is 0.294 e. The summed E-state index contributed by atoms with van der Waals surface area (Å²) < 4.78 is 31.5. The van der Waals surface area contributed by atoms with Gasteiger partial charge in [0, 0.05) is 10.8 Å². The van der Waals surface area contributed by atoms with E-state index in [9.17, 15) is 8.42 Å². The van der Waals surface area contributed by atoms with E-state index in [0.29, 0.717) is 19.4 Å². The van der Waals surface area contributed by atoms with Gasteiger partial charge >= 0.3 is 0 Å². The number of halogens is 2. The van der Waals surface area contributed by atoms with E-state index in [1.807, 2.05) is 0 Å². The lowest BCUT2D eigenvalue weighted by Gasteiger charge is -1.97. The molecule has 0 unspecified atom stereocenters. The SMILES string of the molecule is N.O=S(=O)(O)c1ccc2c(Cl)sc(Cl)c2c1. The fourth-order valence-corrected chi connectivity index (χ4v) is 3.34. The van der Waals surface area contributed by atoms with Crippen molar-refractivity contribution in [2.75, 3.05) is 0 Å². The molecule has 2 aromatic rings. The van der Waals surface area contributed by atoms with Crippen LogP contribution in [0.25, 0.3) is 10.8 Å². The van der Waals surface area contributed by atoms with Crippen LogP contribution in [0, 0.1) is 0 Å². The lowest BCUT2D eigenvalue weighted by molar-refractivity contribution is 0.483. The standard InChI is InChI=1S/C8H4Cl2O3S2.H3N/c9-7-5-2-1-4(15(11,12)13)3-6(5)8(10)14-7;/h1-3H,(H,11,12,13);1H3. The van der Waals surface area contributed by atoms with Gasteiger partial charge in [0.2, 0.25) is 0 Å². The number of thiophene rings is 1. The van der Waals surface area contributed by atoms with Gasteiger partial charge in [0.25, 0.3) is 10.1 Å². The van der Waals surface area contributed by atoms with Crippen LogP contribution in [-0.4, -0.2) is 13.0 Å². The molecule has 0 amide bonds. The Balaban J connectivity index is 0.00000128. The topological polar surface area (TPSA) is 89.4 Å². The van der Waals surface area contributed by atoms with Gasteiger partial charge in [0.1, 0.15) is 8.67 Å². The summed E-state index contributed by atoms with van der Waals surface area (Å²) in [6.07, 6.45) is 0. The van der Waals surface area contributed by atoms with Crippen molar-refractivity contribution in [1.82, 2.24) is 6.15 Å². The molecule has 0 aliphatic heterocycles. The van der Waals surface area contributed by atoms with Crippen molar-refractivity contribution < 1.29 is 13.0 Å². The van der Waals surface area contributed by atoms with Gasteiger partial charge in [-0.25, -0.2) is 0 Å². The summed E-state index contributed by atoms with van der Waals surface area (Å²) in [7, 11) is -4.20. The molecule has 88 valence electrons. The number of benzene rings is 1. The van der Waals surface area contributed by atoms with Crippen molar-refractivity contribution >= 4 is 55.4 Å². The first kappa shape index (κ1) is 13.7.